The number of hydrogen-bond donors (Lipinski definition) is 2. The number of aromatic carboxylic acids is 1. The van der Waals surface area contributed by atoms with Crippen LogP contribution in [0.25, 0.3) is 0 Å². The number of hydrogen-bond acceptors (Lipinski definition) is 5. The normalized spacial score (nSPS) is 10.7. The number of carbonyl (C=O) groups is 1. The monoisotopic (exact) mass is 408 g/mol. The molecule has 0 aromatic heterocycles. The SMILES string of the molecule is CCOc1cc(/C=N\Nc2ccc(C(=O)O)cc2)ccc1OCc1ccccc1F. The molecule has 0 saturated heterocycles. The molecule has 154 valence electrons. The maximum Gasteiger partial charge on any atom is 0.335 e. The molecule has 7 heteroatoms. The lowest BCUT2D eigenvalue weighted by atomic mass is 10.2. The Labute approximate surface area is 173 Å². The second-order valence-electron chi connectivity index (χ2n) is 6.27. The van der Waals surface area contributed by atoms with Crippen LogP contribution in [0.4, 0.5) is 10.1 Å². The number of carboxylic acid groups (broad SMARTS) is 1. The first kappa shape index (κ1) is 20.9. The van der Waals surface area contributed by atoms with Gasteiger partial charge in [-0.25, -0.2) is 9.18 Å². The summed E-state index contributed by atoms with van der Waals surface area (Å²) in [5, 5.41) is 13.1. The molecular formula is C23H21FN2O4. The van der Waals surface area contributed by atoms with Crippen LogP contribution in [0.3, 0.4) is 0 Å². The summed E-state index contributed by atoms with van der Waals surface area (Å²) in [6, 6.07) is 18.0. The minimum absolute atomic E-state index is 0.0913. The lowest BCUT2D eigenvalue weighted by Crippen LogP contribution is -2.02. The molecule has 0 amide bonds. The van der Waals surface area contributed by atoms with Crippen LogP contribution in [0.15, 0.2) is 71.8 Å². The molecule has 0 fully saturated rings. The van der Waals surface area contributed by atoms with Gasteiger partial charge in [-0.2, -0.15) is 5.10 Å². The molecule has 3 aromatic carbocycles. The molecule has 0 heterocycles. The molecule has 0 bridgehead atoms. The van der Waals surface area contributed by atoms with Crippen LogP contribution < -0.4 is 14.9 Å². The van der Waals surface area contributed by atoms with Gasteiger partial charge in [0, 0.05) is 5.56 Å². The summed E-state index contributed by atoms with van der Waals surface area (Å²) in [6.07, 6.45) is 1.61. The van der Waals surface area contributed by atoms with Crippen LogP contribution in [-0.4, -0.2) is 23.9 Å². The van der Waals surface area contributed by atoms with Gasteiger partial charge in [-0.15, -0.1) is 0 Å². The van der Waals surface area contributed by atoms with E-state index < -0.39 is 5.97 Å². The number of hydrazone groups is 1. The summed E-state index contributed by atoms with van der Waals surface area (Å²) in [4.78, 5) is 10.9. The minimum Gasteiger partial charge on any atom is -0.490 e. The standard InChI is InChI=1S/C23H21FN2O4/c1-2-29-22-13-16(14-25-26-19-10-8-17(9-11-19)23(27)28)7-12-21(22)30-15-18-5-3-4-6-20(18)24/h3-14,26H,2,15H2,1H3,(H,27,28)/b25-14-. The number of benzene rings is 3. The molecule has 0 radical (unpaired) electrons. The number of nitrogens with zero attached hydrogens (tertiary/aromatic N) is 1. The average molecular weight is 408 g/mol. The highest BCUT2D eigenvalue weighted by molar-refractivity contribution is 5.88. The van der Waals surface area contributed by atoms with Gasteiger partial charge in [0.2, 0.25) is 0 Å². The van der Waals surface area contributed by atoms with Gasteiger partial charge in [-0.3, -0.25) is 5.43 Å². The fourth-order valence-electron chi connectivity index (χ4n) is 2.63. The number of halogens is 1. The van der Waals surface area contributed by atoms with Crippen molar-refractivity contribution in [2.75, 3.05) is 12.0 Å². The Bertz CT molecular complexity index is 1040. The van der Waals surface area contributed by atoms with E-state index in [0.717, 1.165) is 5.56 Å². The number of ether oxygens (including phenoxy) is 2. The molecular weight excluding hydrogens is 387 g/mol. The van der Waals surface area contributed by atoms with Gasteiger partial charge in [0.15, 0.2) is 11.5 Å². The first-order valence-corrected chi connectivity index (χ1v) is 9.32. The minimum atomic E-state index is -0.981. The zero-order valence-corrected chi connectivity index (χ0v) is 16.3. The second-order valence-corrected chi connectivity index (χ2v) is 6.27. The highest BCUT2D eigenvalue weighted by atomic mass is 19.1. The molecule has 0 saturated carbocycles. The van der Waals surface area contributed by atoms with E-state index in [2.05, 4.69) is 10.5 Å². The highest BCUT2D eigenvalue weighted by Gasteiger charge is 2.08. The predicted molar refractivity (Wildman–Crippen MR) is 113 cm³/mol. The molecule has 6 nitrogen and oxygen atoms in total. The van der Waals surface area contributed by atoms with Crippen molar-refractivity contribution in [2.24, 2.45) is 5.10 Å². The van der Waals surface area contributed by atoms with Crippen molar-refractivity contribution in [2.45, 2.75) is 13.5 Å². The number of rotatable bonds is 9. The molecule has 0 aliphatic heterocycles. The summed E-state index contributed by atoms with van der Waals surface area (Å²) >= 11 is 0. The Balaban J connectivity index is 1.67. The quantitative estimate of drug-likeness (QED) is 0.387. The zero-order valence-electron chi connectivity index (χ0n) is 16.3. The van der Waals surface area contributed by atoms with E-state index in [1.165, 1.54) is 18.2 Å². The van der Waals surface area contributed by atoms with Crippen LogP contribution in [0.5, 0.6) is 11.5 Å². The van der Waals surface area contributed by atoms with E-state index in [0.29, 0.717) is 29.4 Å². The Hall–Kier alpha value is -3.87. The smallest absolute Gasteiger partial charge is 0.335 e. The van der Waals surface area contributed by atoms with Crippen molar-refractivity contribution in [3.05, 3.63) is 89.2 Å². The zero-order chi connectivity index (χ0) is 21.3. The van der Waals surface area contributed by atoms with Gasteiger partial charge in [0.1, 0.15) is 12.4 Å². The summed E-state index contributed by atoms with van der Waals surface area (Å²) in [7, 11) is 0. The van der Waals surface area contributed by atoms with Gasteiger partial charge in [-0.1, -0.05) is 18.2 Å². The number of carboxylic acids is 1. The van der Waals surface area contributed by atoms with Crippen molar-refractivity contribution >= 4 is 17.9 Å². The maximum absolute atomic E-state index is 13.8. The number of anilines is 1. The Morgan fingerprint density at radius 2 is 1.83 bits per heavy atom. The molecule has 2 N–H and O–H groups in total. The molecule has 0 aliphatic carbocycles. The van der Waals surface area contributed by atoms with E-state index in [1.807, 2.05) is 6.92 Å². The molecule has 30 heavy (non-hydrogen) atoms. The first-order valence-electron chi connectivity index (χ1n) is 9.32. The predicted octanol–water partition coefficient (Wildman–Crippen LogP) is 4.95. The largest absolute Gasteiger partial charge is 0.490 e. The fraction of sp³-hybridized carbons (Fsp3) is 0.130. The highest BCUT2D eigenvalue weighted by Crippen LogP contribution is 2.29. The molecule has 0 atom stereocenters. The van der Waals surface area contributed by atoms with Crippen molar-refractivity contribution in [3.8, 4) is 11.5 Å². The fourth-order valence-corrected chi connectivity index (χ4v) is 2.63. The summed E-state index contributed by atoms with van der Waals surface area (Å²) in [5.74, 6) is -0.259. The Morgan fingerprint density at radius 1 is 1.07 bits per heavy atom. The van der Waals surface area contributed by atoms with E-state index in [4.69, 9.17) is 14.6 Å². The van der Waals surface area contributed by atoms with Crippen molar-refractivity contribution in [3.63, 3.8) is 0 Å². The lowest BCUT2D eigenvalue weighted by Gasteiger charge is -2.13. The van der Waals surface area contributed by atoms with Crippen molar-refractivity contribution < 1.29 is 23.8 Å². The van der Waals surface area contributed by atoms with E-state index in [-0.39, 0.29) is 18.0 Å². The van der Waals surface area contributed by atoms with E-state index >= 15 is 0 Å². The van der Waals surface area contributed by atoms with E-state index in [1.54, 1.807) is 54.7 Å². The molecule has 3 rings (SSSR count). The summed E-state index contributed by atoms with van der Waals surface area (Å²) < 4.78 is 25.2. The van der Waals surface area contributed by atoms with Gasteiger partial charge in [0.05, 0.1) is 24.1 Å². The van der Waals surface area contributed by atoms with Crippen LogP contribution in [0.1, 0.15) is 28.4 Å². The molecule has 0 spiro atoms. The van der Waals surface area contributed by atoms with Gasteiger partial charge in [-0.05, 0) is 61.0 Å². The van der Waals surface area contributed by atoms with E-state index in [9.17, 15) is 9.18 Å². The Morgan fingerprint density at radius 3 is 2.53 bits per heavy atom. The lowest BCUT2D eigenvalue weighted by molar-refractivity contribution is 0.0697. The maximum atomic E-state index is 13.8. The average Bonchev–Trinajstić information content (AvgIpc) is 2.75. The third kappa shape index (κ3) is 5.57. The second kappa shape index (κ2) is 10.1. The number of nitrogens with one attached hydrogen (secondary N) is 1. The molecule has 0 aliphatic rings. The van der Waals surface area contributed by atoms with Crippen LogP contribution in [0, 0.1) is 5.82 Å². The van der Waals surface area contributed by atoms with Crippen molar-refractivity contribution in [1.29, 1.82) is 0 Å². The van der Waals surface area contributed by atoms with Crippen LogP contribution in [0.2, 0.25) is 0 Å². The summed E-state index contributed by atoms with van der Waals surface area (Å²) in [6.45, 7) is 2.41. The van der Waals surface area contributed by atoms with Crippen LogP contribution >= 0.6 is 0 Å². The molecule has 0 unspecified atom stereocenters. The van der Waals surface area contributed by atoms with Crippen molar-refractivity contribution in [1.82, 2.24) is 0 Å². The first-order chi connectivity index (χ1) is 14.6. The third-order valence-corrected chi connectivity index (χ3v) is 4.15. The Kier molecular flexibility index (Phi) is 7.00. The topological polar surface area (TPSA) is 80.2 Å². The van der Waals surface area contributed by atoms with Gasteiger partial charge < -0.3 is 14.6 Å². The van der Waals surface area contributed by atoms with Crippen LogP contribution in [-0.2, 0) is 6.61 Å². The third-order valence-electron chi connectivity index (χ3n) is 4.15. The summed E-state index contributed by atoms with van der Waals surface area (Å²) in [5.41, 5.74) is 4.94. The molecule has 3 aromatic rings. The van der Waals surface area contributed by atoms with Gasteiger partial charge >= 0.3 is 5.97 Å². The van der Waals surface area contributed by atoms with Gasteiger partial charge in [0.25, 0.3) is 0 Å².